The Hall–Kier alpha value is -2.52. The van der Waals surface area contributed by atoms with Gasteiger partial charge in [0, 0.05) is 31.7 Å². The molecule has 0 aliphatic rings. The summed E-state index contributed by atoms with van der Waals surface area (Å²) in [4.78, 5) is 23.2. The molecule has 0 radical (unpaired) electrons. The number of ether oxygens (including phenoxy) is 2. The van der Waals surface area contributed by atoms with Gasteiger partial charge in [0.2, 0.25) is 5.91 Å². The lowest BCUT2D eigenvalue weighted by atomic mass is 10.1. The summed E-state index contributed by atoms with van der Waals surface area (Å²) in [6.45, 7) is 18.5. The van der Waals surface area contributed by atoms with Crippen LogP contribution in [0.2, 0.25) is 18.1 Å². The molecule has 192 valence electrons. The number of alkyl carbamates (subject to hydrolysis) is 1. The average Bonchev–Trinajstić information content (AvgIpc) is 2.68. The van der Waals surface area contributed by atoms with Gasteiger partial charge < -0.3 is 30.3 Å². The maximum Gasteiger partial charge on any atom is 0.407 e. The first-order valence-electron chi connectivity index (χ1n) is 11.7. The molecule has 8 nitrogen and oxygen atoms in total. The molecule has 0 aliphatic heterocycles. The zero-order valence-electron chi connectivity index (χ0n) is 22.0. The molecule has 0 bridgehead atoms. The van der Waals surface area contributed by atoms with E-state index in [1.807, 2.05) is 32.9 Å². The molecule has 1 rings (SSSR count). The molecule has 0 spiro atoms. The van der Waals surface area contributed by atoms with Crippen LogP contribution in [0, 0.1) is 0 Å². The highest BCUT2D eigenvalue weighted by molar-refractivity contribution is 6.74. The van der Waals surface area contributed by atoms with Gasteiger partial charge in [-0.1, -0.05) is 32.9 Å². The van der Waals surface area contributed by atoms with Gasteiger partial charge in [-0.25, -0.2) is 4.79 Å². The molecular weight excluding hydrogens is 450 g/mol. The number of nitrogens with two attached hydrogens (primary N) is 1. The van der Waals surface area contributed by atoms with Crippen LogP contribution >= 0.6 is 0 Å². The molecule has 0 unspecified atom stereocenters. The second kappa shape index (κ2) is 12.8. The van der Waals surface area contributed by atoms with E-state index >= 15 is 0 Å². The van der Waals surface area contributed by atoms with E-state index in [0.717, 1.165) is 12.1 Å². The lowest BCUT2D eigenvalue weighted by molar-refractivity contribution is 0.0534. The van der Waals surface area contributed by atoms with E-state index in [9.17, 15) is 9.59 Å². The van der Waals surface area contributed by atoms with Crippen LogP contribution in [0.1, 0.15) is 58.3 Å². The van der Waals surface area contributed by atoms with Crippen LogP contribution in [-0.4, -0.2) is 52.2 Å². The monoisotopic (exact) mass is 493 g/mol. The summed E-state index contributed by atoms with van der Waals surface area (Å²) >= 11 is 0. The van der Waals surface area contributed by atoms with Crippen molar-refractivity contribution in [3.05, 3.63) is 35.9 Å². The van der Waals surface area contributed by atoms with Gasteiger partial charge in [-0.05, 0) is 57.1 Å². The highest BCUT2D eigenvalue weighted by Gasteiger charge is 2.36. The maximum absolute atomic E-state index is 11.7. The van der Waals surface area contributed by atoms with Gasteiger partial charge in [0.1, 0.15) is 11.4 Å². The fourth-order valence-electron chi connectivity index (χ4n) is 2.52. The molecule has 34 heavy (non-hydrogen) atoms. The van der Waals surface area contributed by atoms with Crippen LogP contribution in [0.5, 0.6) is 5.75 Å². The Morgan fingerprint density at radius 3 is 2.26 bits per heavy atom. The molecule has 1 aromatic rings. The summed E-state index contributed by atoms with van der Waals surface area (Å²) in [5, 5.41) is 6.09. The minimum Gasteiger partial charge on any atom is -0.491 e. The predicted molar refractivity (Wildman–Crippen MR) is 140 cm³/mol. The minimum atomic E-state index is -1.79. The van der Waals surface area contributed by atoms with E-state index in [1.165, 1.54) is 0 Å². The zero-order valence-corrected chi connectivity index (χ0v) is 23.0. The molecule has 0 saturated heterocycles. The zero-order chi connectivity index (χ0) is 26.0. The number of hydrogen-bond donors (Lipinski definition) is 3. The molecule has 4 N–H and O–H groups in total. The number of amides is 2. The quantitative estimate of drug-likeness (QED) is 0.213. The SMILES string of the molecule is CC(C)(C)OC(=O)NC/C=C/CNc1ccc(C(N)=O)cc1OCCCO[Si](C)(C)C(C)(C)C. The molecule has 0 heterocycles. The Kier molecular flexibility index (Phi) is 11.1. The topological polar surface area (TPSA) is 112 Å². The lowest BCUT2D eigenvalue weighted by Crippen LogP contribution is -2.41. The van der Waals surface area contributed by atoms with Crippen molar-refractivity contribution in [1.82, 2.24) is 5.32 Å². The van der Waals surface area contributed by atoms with Gasteiger partial charge in [0.15, 0.2) is 8.32 Å². The molecule has 0 aromatic heterocycles. The van der Waals surface area contributed by atoms with Gasteiger partial charge in [-0.15, -0.1) is 0 Å². The first-order valence-corrected chi connectivity index (χ1v) is 14.6. The Morgan fingerprint density at radius 2 is 1.68 bits per heavy atom. The van der Waals surface area contributed by atoms with Crippen LogP contribution < -0.4 is 21.1 Å². The second-order valence-electron chi connectivity index (χ2n) is 10.6. The fourth-order valence-corrected chi connectivity index (χ4v) is 3.61. The van der Waals surface area contributed by atoms with E-state index in [1.54, 1.807) is 18.2 Å². The first-order chi connectivity index (χ1) is 15.6. The van der Waals surface area contributed by atoms with Crippen molar-refractivity contribution in [2.75, 3.05) is 31.6 Å². The van der Waals surface area contributed by atoms with Crippen LogP contribution in [0.3, 0.4) is 0 Å². The molecule has 0 saturated carbocycles. The number of carbonyl (C=O) groups is 2. The van der Waals surface area contributed by atoms with E-state index in [4.69, 9.17) is 19.6 Å². The number of rotatable bonds is 12. The summed E-state index contributed by atoms with van der Waals surface area (Å²) in [5.74, 6) is 0.0506. The number of anilines is 1. The number of carbonyl (C=O) groups excluding carboxylic acids is 2. The van der Waals surface area contributed by atoms with E-state index < -0.39 is 25.9 Å². The van der Waals surface area contributed by atoms with Crippen molar-refractivity contribution in [1.29, 1.82) is 0 Å². The Labute approximate surface area is 205 Å². The van der Waals surface area contributed by atoms with Crippen molar-refractivity contribution in [2.24, 2.45) is 5.73 Å². The highest BCUT2D eigenvalue weighted by Crippen LogP contribution is 2.36. The van der Waals surface area contributed by atoms with Crippen molar-refractivity contribution in [3.8, 4) is 5.75 Å². The lowest BCUT2D eigenvalue weighted by Gasteiger charge is -2.36. The summed E-state index contributed by atoms with van der Waals surface area (Å²) in [5.41, 5.74) is 6.04. The van der Waals surface area contributed by atoms with Crippen LogP contribution in [0.15, 0.2) is 30.4 Å². The third-order valence-corrected chi connectivity index (χ3v) is 9.96. The summed E-state index contributed by atoms with van der Waals surface area (Å²) in [6.07, 6.45) is 3.99. The fraction of sp³-hybridized carbons (Fsp3) is 0.600. The molecule has 0 atom stereocenters. The molecular formula is C25H43N3O5Si. The predicted octanol–water partition coefficient (Wildman–Crippen LogP) is 5.07. The second-order valence-corrected chi connectivity index (χ2v) is 15.4. The van der Waals surface area contributed by atoms with E-state index in [0.29, 0.717) is 37.6 Å². The molecule has 0 aliphatic carbocycles. The number of nitrogens with one attached hydrogen (secondary N) is 2. The molecule has 1 aromatic carbocycles. The standard InChI is InChI=1S/C25H43N3O5Si/c1-24(2,3)33-23(30)28-15-10-9-14-27-20-13-12-19(22(26)29)18-21(20)31-16-11-17-32-34(7,8)25(4,5)6/h9-10,12-13,18,27H,11,14-17H2,1-8H3,(H2,26,29)(H,28,30)/b10-9+. The Bertz CT molecular complexity index is 842. The van der Waals surface area contributed by atoms with Crippen molar-refractivity contribution < 1.29 is 23.5 Å². The van der Waals surface area contributed by atoms with Gasteiger partial charge >= 0.3 is 6.09 Å². The van der Waals surface area contributed by atoms with Crippen molar-refractivity contribution >= 4 is 26.0 Å². The van der Waals surface area contributed by atoms with Gasteiger partial charge in [-0.3, -0.25) is 4.79 Å². The Morgan fingerprint density at radius 1 is 1.03 bits per heavy atom. The number of hydrogen-bond acceptors (Lipinski definition) is 6. The van der Waals surface area contributed by atoms with Gasteiger partial charge in [-0.2, -0.15) is 0 Å². The average molecular weight is 494 g/mol. The first kappa shape index (κ1) is 29.5. The van der Waals surface area contributed by atoms with Gasteiger partial charge in [0.05, 0.1) is 12.3 Å². The van der Waals surface area contributed by atoms with E-state index in [-0.39, 0.29) is 5.04 Å². The number of benzene rings is 1. The third kappa shape index (κ3) is 11.1. The molecule has 0 fully saturated rings. The highest BCUT2D eigenvalue weighted by atomic mass is 28.4. The summed E-state index contributed by atoms with van der Waals surface area (Å²) in [7, 11) is -1.79. The largest absolute Gasteiger partial charge is 0.491 e. The summed E-state index contributed by atoms with van der Waals surface area (Å²) < 4.78 is 17.3. The van der Waals surface area contributed by atoms with Crippen LogP contribution in [0.25, 0.3) is 0 Å². The molecule has 9 heteroatoms. The van der Waals surface area contributed by atoms with Gasteiger partial charge in [0.25, 0.3) is 0 Å². The molecule has 2 amide bonds. The van der Waals surface area contributed by atoms with E-state index in [2.05, 4.69) is 44.5 Å². The summed E-state index contributed by atoms with van der Waals surface area (Å²) in [6, 6.07) is 5.08. The van der Waals surface area contributed by atoms with Crippen LogP contribution in [0.4, 0.5) is 10.5 Å². The minimum absolute atomic E-state index is 0.163. The maximum atomic E-state index is 11.7. The van der Waals surface area contributed by atoms with Crippen molar-refractivity contribution in [3.63, 3.8) is 0 Å². The third-order valence-electron chi connectivity index (χ3n) is 5.42. The van der Waals surface area contributed by atoms with Crippen LogP contribution in [-0.2, 0) is 9.16 Å². The number of primary amides is 1. The smallest absolute Gasteiger partial charge is 0.407 e. The Balaban J connectivity index is 2.58. The normalized spacial score (nSPS) is 12.5. The van der Waals surface area contributed by atoms with Crippen molar-refractivity contribution in [2.45, 2.75) is 71.7 Å².